The van der Waals surface area contributed by atoms with Crippen LogP contribution < -0.4 is 16.1 Å². The van der Waals surface area contributed by atoms with E-state index in [2.05, 4.69) is 44.2 Å². The summed E-state index contributed by atoms with van der Waals surface area (Å²) in [5.41, 5.74) is 2.83. The van der Waals surface area contributed by atoms with Crippen LogP contribution in [0.25, 0.3) is 44.1 Å². The van der Waals surface area contributed by atoms with Gasteiger partial charge in [-0.3, -0.25) is 14.4 Å². The first-order valence-electron chi connectivity index (χ1n) is 20.8. The van der Waals surface area contributed by atoms with Gasteiger partial charge in [-0.2, -0.15) is 3.89 Å². The highest BCUT2D eigenvalue weighted by Crippen LogP contribution is 2.40. The fourth-order valence-corrected chi connectivity index (χ4v) is 8.74. The number of aromatic amines is 2. The molecule has 0 bridgehead atoms. The third-order valence-electron chi connectivity index (χ3n) is 11.2. The molecule has 4 heterocycles. The van der Waals surface area contributed by atoms with E-state index in [1.807, 2.05) is 50.2 Å². The molecule has 5 aromatic rings. The zero-order valence-corrected chi connectivity index (χ0v) is 36.5. The lowest BCUT2D eigenvalue weighted by molar-refractivity contribution is -0.138. The first-order chi connectivity index (χ1) is 29.8. The zero-order chi connectivity index (χ0) is 44.7. The van der Waals surface area contributed by atoms with E-state index in [0.717, 1.165) is 27.5 Å². The number of fused-ring (bicyclic) bond motifs is 2. The molecule has 0 saturated carbocycles. The maximum Gasteiger partial charge on any atom is 0.407 e. The number of nitrogens with zero attached hydrogens (tertiary/aromatic N) is 3. The molecule has 2 aromatic heterocycles. The molecule has 2 aliphatic heterocycles. The van der Waals surface area contributed by atoms with Gasteiger partial charge in [0.15, 0.2) is 5.82 Å². The van der Waals surface area contributed by atoms with Gasteiger partial charge in [-0.05, 0) is 77.8 Å². The Hall–Kier alpha value is -5.97. The van der Waals surface area contributed by atoms with Gasteiger partial charge in [-0.1, -0.05) is 64.4 Å². The van der Waals surface area contributed by atoms with Gasteiger partial charge in [-0.25, -0.2) is 19.0 Å². The number of imidazole rings is 1. The molecule has 2 saturated heterocycles. The molecule has 4 N–H and O–H groups in total. The number of aromatic nitrogens is 3. The zero-order valence-electron chi connectivity index (χ0n) is 35.7. The predicted molar refractivity (Wildman–Crippen MR) is 235 cm³/mol. The van der Waals surface area contributed by atoms with Crippen molar-refractivity contribution >= 4 is 57.8 Å². The van der Waals surface area contributed by atoms with Gasteiger partial charge < -0.3 is 39.9 Å². The molecule has 7 rings (SSSR count). The Kier molecular flexibility index (Phi) is 14.9. The van der Waals surface area contributed by atoms with E-state index in [-0.39, 0.29) is 41.6 Å². The molecule has 62 heavy (non-hydrogen) atoms. The number of methoxy groups -OCH3 is 2. The van der Waals surface area contributed by atoms with Gasteiger partial charge in [0.1, 0.15) is 24.5 Å². The summed E-state index contributed by atoms with van der Waals surface area (Å²) in [6.07, 6.45) is 3.63. The van der Waals surface area contributed by atoms with Crippen LogP contribution in [0.3, 0.4) is 0 Å². The number of rotatable bonds is 10. The molecule has 17 heteroatoms. The van der Waals surface area contributed by atoms with Crippen LogP contribution in [0.4, 0.5) is 17.9 Å². The predicted octanol–water partition coefficient (Wildman–Crippen LogP) is 8.34. The molecule has 4 amide bonds. The second-order valence-electron chi connectivity index (χ2n) is 15.8. The van der Waals surface area contributed by atoms with E-state index in [0.29, 0.717) is 55.8 Å². The molecule has 0 aliphatic carbocycles. The fourth-order valence-electron chi connectivity index (χ4n) is 8.11. The number of carbonyl (C=O) groups excluding carboxylic acids is 4. The van der Waals surface area contributed by atoms with Crippen molar-refractivity contribution in [2.75, 3.05) is 33.9 Å². The van der Waals surface area contributed by atoms with Gasteiger partial charge in [0.2, 0.25) is 17.2 Å². The van der Waals surface area contributed by atoms with Crippen LogP contribution >= 0.6 is 12.1 Å². The summed E-state index contributed by atoms with van der Waals surface area (Å²) in [5.74, 6) is -1.50. The Bertz CT molecular complexity index is 2490. The minimum absolute atomic E-state index is 0.0219. The first kappa shape index (κ1) is 45.6. The van der Waals surface area contributed by atoms with Crippen molar-refractivity contribution < 1.29 is 36.9 Å². The Labute approximate surface area is 362 Å². The van der Waals surface area contributed by atoms with Crippen molar-refractivity contribution in [1.82, 2.24) is 35.4 Å². The van der Waals surface area contributed by atoms with Gasteiger partial charge >= 0.3 is 12.2 Å². The average Bonchev–Trinajstić information content (AvgIpc) is 3.99. The van der Waals surface area contributed by atoms with Gasteiger partial charge in [0, 0.05) is 24.0 Å². The maximum absolute atomic E-state index is 15.6. The third kappa shape index (κ3) is 9.72. The van der Waals surface area contributed by atoms with Crippen molar-refractivity contribution in [1.29, 1.82) is 0 Å². The summed E-state index contributed by atoms with van der Waals surface area (Å²) in [7, 11) is 2.42. The Morgan fingerprint density at radius 3 is 2.19 bits per heavy atom. The Balaban J connectivity index is 0.00000208. The number of piperidine rings is 1. The van der Waals surface area contributed by atoms with Crippen LogP contribution in [0.2, 0.25) is 0 Å². The second-order valence-corrected chi connectivity index (χ2v) is 16.6. The number of hydrogen-bond donors (Lipinski definition) is 4. The van der Waals surface area contributed by atoms with E-state index < -0.39 is 52.7 Å². The van der Waals surface area contributed by atoms with Gasteiger partial charge in [-0.15, -0.1) is 0 Å². The lowest BCUT2D eigenvalue weighted by Crippen LogP contribution is -2.55. The molecule has 330 valence electrons. The number of nitrogens with one attached hydrogen (secondary N) is 4. The van der Waals surface area contributed by atoms with E-state index in [9.17, 15) is 27.9 Å². The largest absolute Gasteiger partial charge is 0.453 e. The minimum atomic E-state index is -0.944. The lowest BCUT2D eigenvalue weighted by Gasteiger charge is -2.40. The van der Waals surface area contributed by atoms with Crippen LogP contribution in [0, 0.1) is 11.7 Å². The SMILES string of the molecule is CCC.COC(=O)NCC(=O)N1CCCC1c1[nH]c2cc(-c3ccc4cc(-c5cnc([C@@H]6C(SF)CCCN6C(=O)C(NC(=O)OC)C(C)C)[nH]5)ccc4c3)ccc2c(=O)c1F. The van der Waals surface area contributed by atoms with Crippen LogP contribution in [0.15, 0.2) is 65.6 Å². The number of pyridine rings is 1. The summed E-state index contributed by atoms with van der Waals surface area (Å²) in [6, 6.07) is 14.7. The van der Waals surface area contributed by atoms with Gasteiger partial charge in [0.05, 0.1) is 60.8 Å². The summed E-state index contributed by atoms with van der Waals surface area (Å²) in [6.45, 7) is 8.30. The maximum atomic E-state index is 15.6. The molecule has 3 aromatic carbocycles. The highest BCUT2D eigenvalue weighted by molar-refractivity contribution is 7.95. The number of alkyl carbamates (subject to hydrolysis) is 2. The first-order valence-corrected chi connectivity index (χ1v) is 21.6. The summed E-state index contributed by atoms with van der Waals surface area (Å²) >= 11 is 0.198. The van der Waals surface area contributed by atoms with Crippen molar-refractivity contribution in [3.63, 3.8) is 0 Å². The number of amides is 4. The smallest absolute Gasteiger partial charge is 0.407 e. The van der Waals surface area contributed by atoms with Crippen molar-refractivity contribution in [3.05, 3.63) is 88.4 Å². The molecule has 14 nitrogen and oxygen atoms in total. The highest BCUT2D eigenvalue weighted by Gasteiger charge is 2.42. The molecular formula is C45H53F2N7O7S. The quantitative estimate of drug-likeness (QED) is 0.107. The van der Waals surface area contributed by atoms with Crippen LogP contribution in [0.1, 0.15) is 83.4 Å². The molecule has 2 fully saturated rings. The second kappa shape index (κ2) is 20.3. The molecule has 2 aliphatic rings. The molecule has 3 unspecified atom stereocenters. The standard InChI is InChI=1S/C42H45F2N7O7S.C3H8/c1-22(2)35(49-42(56)58-4)40(54)51-16-6-8-32(59-44)37(51)39-45-20-30(48-39)27-12-11-23-17-24(9-10-25(23)18-27)26-13-14-28-29(19-26)47-36(34(43)38(28)53)31-7-5-15-50(31)33(52)21-46-41(55)57-3;1-3-2/h9-14,17-20,22,31-32,35,37H,5-8,15-16,21H2,1-4H3,(H,45,48)(H,46,55)(H,47,53)(H,49,56);3H2,1-2H3/t31?,32?,35?,37-;/m0./s1. The van der Waals surface area contributed by atoms with Crippen molar-refractivity contribution in [3.8, 4) is 22.4 Å². The van der Waals surface area contributed by atoms with Crippen LogP contribution in [-0.2, 0) is 19.1 Å². The number of ether oxygens (including phenoxy) is 2. The monoisotopic (exact) mass is 873 g/mol. The minimum Gasteiger partial charge on any atom is -0.453 e. The average molecular weight is 874 g/mol. The number of likely N-dealkylation sites (tertiary alicyclic amines) is 2. The summed E-state index contributed by atoms with van der Waals surface area (Å²) < 4.78 is 39.3. The van der Waals surface area contributed by atoms with Crippen LogP contribution in [0.5, 0.6) is 0 Å². The number of benzene rings is 3. The molecule has 0 radical (unpaired) electrons. The number of H-pyrrole nitrogens is 2. The Morgan fingerprint density at radius 2 is 1.52 bits per heavy atom. The number of hydrogen-bond acceptors (Lipinski definition) is 9. The van der Waals surface area contributed by atoms with E-state index in [1.54, 1.807) is 29.3 Å². The van der Waals surface area contributed by atoms with Crippen molar-refractivity contribution in [2.24, 2.45) is 5.92 Å². The third-order valence-corrected chi connectivity index (χ3v) is 11.9. The van der Waals surface area contributed by atoms with Crippen molar-refractivity contribution in [2.45, 2.75) is 83.2 Å². The summed E-state index contributed by atoms with van der Waals surface area (Å²) in [5, 5.41) is 6.46. The van der Waals surface area contributed by atoms with Crippen LogP contribution in [-0.4, -0.2) is 93.9 Å². The Morgan fingerprint density at radius 1 is 0.887 bits per heavy atom. The topological polar surface area (TPSA) is 179 Å². The van der Waals surface area contributed by atoms with E-state index >= 15 is 4.39 Å². The molecular weight excluding hydrogens is 821 g/mol. The molecule has 4 atom stereocenters. The summed E-state index contributed by atoms with van der Waals surface area (Å²) in [4.78, 5) is 77.8. The lowest BCUT2D eigenvalue weighted by atomic mass is 9.96. The number of carbonyl (C=O) groups is 4. The molecule has 0 spiro atoms. The normalized spacial score (nSPS) is 18.0. The highest BCUT2D eigenvalue weighted by atomic mass is 32.2. The number of halogens is 2. The fraction of sp³-hybridized carbons (Fsp3) is 0.422. The van der Waals surface area contributed by atoms with Gasteiger partial charge in [0.25, 0.3) is 0 Å². The van der Waals surface area contributed by atoms with E-state index in [4.69, 9.17) is 4.74 Å². The van der Waals surface area contributed by atoms with E-state index in [1.165, 1.54) is 25.5 Å².